The molecule has 1 fully saturated rings. The standard InChI is InChI=1S/C19H29N3O3/c1-5-15-13-20-16-12-14(6-7-17(16)24-15)21-8-10-22(11-9-21)18(23)25-19(2,3)4/h6-7,12,15,20H,5,8-11,13H2,1-4H3. The second-order valence-electron chi connectivity index (χ2n) is 7.66. The maximum Gasteiger partial charge on any atom is 0.410 e. The van der Waals surface area contributed by atoms with E-state index in [-0.39, 0.29) is 12.2 Å². The molecule has 0 spiro atoms. The summed E-state index contributed by atoms with van der Waals surface area (Å²) in [6.45, 7) is 11.6. The van der Waals surface area contributed by atoms with Gasteiger partial charge in [0.2, 0.25) is 0 Å². The van der Waals surface area contributed by atoms with E-state index in [1.54, 1.807) is 4.90 Å². The van der Waals surface area contributed by atoms with Gasteiger partial charge < -0.3 is 24.6 Å². The number of carbonyl (C=O) groups excluding carboxylic acids is 1. The molecule has 1 aromatic carbocycles. The molecule has 1 atom stereocenters. The van der Waals surface area contributed by atoms with Gasteiger partial charge >= 0.3 is 6.09 Å². The quantitative estimate of drug-likeness (QED) is 0.889. The Balaban J connectivity index is 1.59. The minimum atomic E-state index is -0.450. The second kappa shape index (κ2) is 7.02. The van der Waals surface area contributed by atoms with Crippen LogP contribution in [0.4, 0.5) is 16.2 Å². The molecule has 138 valence electrons. The number of hydrogen-bond acceptors (Lipinski definition) is 5. The third-order valence-electron chi connectivity index (χ3n) is 4.53. The van der Waals surface area contributed by atoms with Gasteiger partial charge in [0, 0.05) is 31.9 Å². The molecule has 2 heterocycles. The highest BCUT2D eigenvalue weighted by atomic mass is 16.6. The predicted molar refractivity (Wildman–Crippen MR) is 99.7 cm³/mol. The monoisotopic (exact) mass is 347 g/mol. The molecule has 0 saturated carbocycles. The predicted octanol–water partition coefficient (Wildman–Crippen LogP) is 3.33. The number of nitrogens with zero attached hydrogens (tertiary/aromatic N) is 2. The van der Waals surface area contributed by atoms with Gasteiger partial charge in [0.05, 0.1) is 12.2 Å². The van der Waals surface area contributed by atoms with Crippen molar-refractivity contribution in [1.29, 1.82) is 0 Å². The molecule has 1 saturated heterocycles. The third kappa shape index (κ3) is 4.30. The molecular weight excluding hydrogens is 318 g/mol. The second-order valence-corrected chi connectivity index (χ2v) is 7.66. The number of rotatable bonds is 2. The van der Waals surface area contributed by atoms with Gasteiger partial charge in [-0.3, -0.25) is 0 Å². The number of carbonyl (C=O) groups is 1. The number of nitrogens with one attached hydrogen (secondary N) is 1. The van der Waals surface area contributed by atoms with Gasteiger partial charge in [-0.15, -0.1) is 0 Å². The topological polar surface area (TPSA) is 54.0 Å². The van der Waals surface area contributed by atoms with Crippen molar-refractivity contribution in [3.8, 4) is 5.75 Å². The summed E-state index contributed by atoms with van der Waals surface area (Å²) >= 11 is 0. The molecule has 1 amide bonds. The van der Waals surface area contributed by atoms with Crippen molar-refractivity contribution < 1.29 is 14.3 Å². The van der Waals surface area contributed by atoms with Gasteiger partial charge in [-0.2, -0.15) is 0 Å². The number of anilines is 2. The number of piperazine rings is 1. The van der Waals surface area contributed by atoms with Gasteiger partial charge in [-0.1, -0.05) is 6.92 Å². The van der Waals surface area contributed by atoms with Crippen molar-refractivity contribution in [3.63, 3.8) is 0 Å². The Morgan fingerprint density at radius 1 is 1.28 bits per heavy atom. The van der Waals surface area contributed by atoms with Crippen LogP contribution in [0.15, 0.2) is 18.2 Å². The average Bonchev–Trinajstić information content (AvgIpc) is 2.59. The summed E-state index contributed by atoms with van der Waals surface area (Å²) in [5, 5.41) is 3.46. The molecule has 3 rings (SSSR count). The lowest BCUT2D eigenvalue weighted by atomic mass is 10.1. The van der Waals surface area contributed by atoms with E-state index < -0.39 is 5.60 Å². The SMILES string of the molecule is CCC1CNc2cc(N3CCN(C(=O)OC(C)(C)C)CC3)ccc2O1. The van der Waals surface area contributed by atoms with Crippen LogP contribution in [0.25, 0.3) is 0 Å². The van der Waals surface area contributed by atoms with Crippen molar-refractivity contribution >= 4 is 17.5 Å². The molecule has 0 aromatic heterocycles. The van der Waals surface area contributed by atoms with Crippen LogP contribution in [0.1, 0.15) is 34.1 Å². The number of amides is 1. The summed E-state index contributed by atoms with van der Waals surface area (Å²) in [6.07, 6.45) is 1.02. The van der Waals surface area contributed by atoms with Gasteiger partial charge in [0.1, 0.15) is 17.5 Å². The summed E-state index contributed by atoms with van der Waals surface area (Å²) in [7, 11) is 0. The molecule has 1 N–H and O–H groups in total. The first-order valence-electron chi connectivity index (χ1n) is 9.13. The minimum Gasteiger partial charge on any atom is -0.486 e. The summed E-state index contributed by atoms with van der Waals surface area (Å²) < 4.78 is 11.4. The Bertz CT molecular complexity index is 619. The van der Waals surface area contributed by atoms with Crippen molar-refractivity contribution in [2.45, 2.75) is 45.8 Å². The molecule has 1 aromatic rings. The first-order chi connectivity index (χ1) is 11.9. The summed E-state index contributed by atoms with van der Waals surface area (Å²) in [5.74, 6) is 0.925. The van der Waals surface area contributed by atoms with Gasteiger partial charge in [-0.25, -0.2) is 4.79 Å². The lowest BCUT2D eigenvalue weighted by molar-refractivity contribution is 0.0240. The number of benzene rings is 1. The minimum absolute atomic E-state index is 0.224. The van der Waals surface area contributed by atoms with Gasteiger partial charge in [0.25, 0.3) is 0 Å². The van der Waals surface area contributed by atoms with Gasteiger partial charge in [0.15, 0.2) is 0 Å². The van der Waals surface area contributed by atoms with E-state index in [1.165, 1.54) is 0 Å². The maximum absolute atomic E-state index is 12.2. The van der Waals surface area contributed by atoms with E-state index in [2.05, 4.69) is 29.3 Å². The van der Waals surface area contributed by atoms with E-state index in [9.17, 15) is 4.79 Å². The molecule has 0 bridgehead atoms. The van der Waals surface area contributed by atoms with E-state index in [4.69, 9.17) is 9.47 Å². The molecule has 1 unspecified atom stereocenters. The van der Waals surface area contributed by atoms with E-state index in [1.807, 2.05) is 26.8 Å². The molecule has 2 aliphatic rings. The van der Waals surface area contributed by atoms with Crippen LogP contribution in [-0.4, -0.2) is 55.4 Å². The Kier molecular flexibility index (Phi) is 4.97. The fraction of sp³-hybridized carbons (Fsp3) is 0.632. The van der Waals surface area contributed by atoms with Crippen LogP contribution < -0.4 is 15.0 Å². The number of fused-ring (bicyclic) bond motifs is 1. The zero-order valence-corrected chi connectivity index (χ0v) is 15.7. The Labute approximate surface area is 150 Å². The Hall–Kier alpha value is -2.11. The molecular formula is C19H29N3O3. The third-order valence-corrected chi connectivity index (χ3v) is 4.53. The van der Waals surface area contributed by atoms with Crippen LogP contribution in [0.2, 0.25) is 0 Å². The van der Waals surface area contributed by atoms with E-state index >= 15 is 0 Å². The fourth-order valence-electron chi connectivity index (χ4n) is 3.10. The molecule has 0 aliphatic carbocycles. The molecule has 0 radical (unpaired) electrons. The van der Waals surface area contributed by atoms with Crippen molar-refractivity contribution in [3.05, 3.63) is 18.2 Å². The van der Waals surface area contributed by atoms with Crippen molar-refractivity contribution in [1.82, 2.24) is 4.90 Å². The summed E-state index contributed by atoms with van der Waals surface area (Å²) in [4.78, 5) is 16.3. The molecule has 6 nitrogen and oxygen atoms in total. The highest BCUT2D eigenvalue weighted by Crippen LogP contribution is 2.34. The van der Waals surface area contributed by atoms with Crippen LogP contribution in [0, 0.1) is 0 Å². The van der Waals surface area contributed by atoms with E-state index in [0.29, 0.717) is 13.1 Å². The van der Waals surface area contributed by atoms with Crippen LogP contribution in [0.3, 0.4) is 0 Å². The van der Waals surface area contributed by atoms with Gasteiger partial charge in [-0.05, 0) is 45.4 Å². The van der Waals surface area contributed by atoms with E-state index in [0.717, 1.165) is 43.2 Å². The largest absolute Gasteiger partial charge is 0.486 e. The Morgan fingerprint density at radius 2 is 2.00 bits per heavy atom. The van der Waals surface area contributed by atoms with Crippen LogP contribution >= 0.6 is 0 Å². The van der Waals surface area contributed by atoms with Crippen molar-refractivity contribution in [2.24, 2.45) is 0 Å². The van der Waals surface area contributed by atoms with Crippen LogP contribution in [-0.2, 0) is 4.74 Å². The Morgan fingerprint density at radius 3 is 2.64 bits per heavy atom. The molecule has 6 heteroatoms. The smallest absolute Gasteiger partial charge is 0.410 e. The summed E-state index contributed by atoms with van der Waals surface area (Å²) in [5.41, 5.74) is 1.76. The first-order valence-corrected chi connectivity index (χ1v) is 9.13. The lowest BCUT2D eigenvalue weighted by Crippen LogP contribution is -2.50. The first kappa shape index (κ1) is 17.7. The average molecular weight is 347 g/mol. The number of hydrogen-bond donors (Lipinski definition) is 1. The summed E-state index contributed by atoms with van der Waals surface area (Å²) in [6, 6.07) is 6.28. The normalized spacial score (nSPS) is 20.4. The molecule has 2 aliphatic heterocycles. The fourth-order valence-corrected chi connectivity index (χ4v) is 3.10. The molecule has 25 heavy (non-hydrogen) atoms. The maximum atomic E-state index is 12.2. The van der Waals surface area contributed by atoms with Crippen molar-refractivity contribution in [2.75, 3.05) is 42.9 Å². The number of ether oxygens (including phenoxy) is 2. The lowest BCUT2D eigenvalue weighted by Gasteiger charge is -2.37. The highest BCUT2D eigenvalue weighted by molar-refractivity contribution is 5.70. The highest BCUT2D eigenvalue weighted by Gasteiger charge is 2.26. The van der Waals surface area contributed by atoms with Crippen LogP contribution in [0.5, 0.6) is 5.75 Å². The zero-order valence-electron chi connectivity index (χ0n) is 15.7. The zero-order chi connectivity index (χ0) is 18.0.